The number of halogens is 1. The molecule has 0 saturated heterocycles. The summed E-state index contributed by atoms with van der Waals surface area (Å²) >= 11 is 5.85. The van der Waals surface area contributed by atoms with Gasteiger partial charge in [0.15, 0.2) is 5.76 Å². The van der Waals surface area contributed by atoms with Gasteiger partial charge in [-0.15, -0.1) is 0 Å². The molecule has 0 spiro atoms. The molecule has 1 unspecified atom stereocenters. The molecule has 1 heterocycles. The zero-order chi connectivity index (χ0) is 13.8. The minimum absolute atomic E-state index is 0.206. The predicted molar refractivity (Wildman–Crippen MR) is 73.7 cm³/mol. The number of furan rings is 1. The summed E-state index contributed by atoms with van der Waals surface area (Å²) in [5, 5.41) is 3.00. The van der Waals surface area contributed by atoms with Gasteiger partial charge in [-0.3, -0.25) is 9.00 Å². The molecule has 1 amide bonds. The van der Waals surface area contributed by atoms with Crippen LogP contribution >= 0.6 is 11.6 Å². The normalized spacial score (nSPS) is 12.1. The van der Waals surface area contributed by atoms with Crippen molar-refractivity contribution < 1.29 is 13.4 Å². The third kappa shape index (κ3) is 3.45. The summed E-state index contributed by atoms with van der Waals surface area (Å²) in [7, 11) is 0.266. The molecule has 1 aromatic carbocycles. The van der Waals surface area contributed by atoms with E-state index >= 15 is 0 Å². The Hall–Kier alpha value is -1.59. The topological polar surface area (TPSA) is 59.3 Å². The van der Waals surface area contributed by atoms with Gasteiger partial charge in [-0.05, 0) is 30.3 Å². The molecule has 1 aromatic heterocycles. The van der Waals surface area contributed by atoms with E-state index in [0.717, 1.165) is 0 Å². The average Bonchev–Trinajstić information content (AvgIpc) is 2.86. The molecule has 100 valence electrons. The van der Waals surface area contributed by atoms with Crippen LogP contribution in [0, 0.1) is 0 Å². The Morgan fingerprint density at radius 3 is 2.84 bits per heavy atom. The van der Waals surface area contributed by atoms with E-state index in [1.54, 1.807) is 36.4 Å². The fourth-order valence-electron chi connectivity index (χ4n) is 1.52. The first-order chi connectivity index (χ1) is 9.10. The van der Waals surface area contributed by atoms with Gasteiger partial charge in [-0.2, -0.15) is 0 Å². The van der Waals surface area contributed by atoms with Crippen molar-refractivity contribution in [3.63, 3.8) is 0 Å². The molecule has 0 bridgehead atoms. The van der Waals surface area contributed by atoms with Crippen molar-refractivity contribution >= 4 is 28.3 Å². The van der Waals surface area contributed by atoms with Crippen LogP contribution in [0.4, 0.5) is 0 Å². The number of hydrogen-bond acceptors (Lipinski definition) is 3. The van der Waals surface area contributed by atoms with Gasteiger partial charge in [0.1, 0.15) is 5.76 Å². The van der Waals surface area contributed by atoms with Crippen molar-refractivity contribution in [1.29, 1.82) is 0 Å². The highest BCUT2D eigenvalue weighted by molar-refractivity contribution is 7.84. The molecule has 2 aromatic rings. The zero-order valence-electron chi connectivity index (χ0n) is 10.2. The summed E-state index contributed by atoms with van der Waals surface area (Å²) in [6.07, 6.45) is 0. The van der Waals surface area contributed by atoms with E-state index in [2.05, 4.69) is 5.32 Å². The maximum atomic E-state index is 12.1. The maximum Gasteiger partial charge on any atom is 0.286 e. The molecule has 2 rings (SSSR count). The molecule has 0 aliphatic carbocycles. The lowest BCUT2D eigenvalue weighted by atomic mass is 10.4. The molecule has 0 aliphatic heterocycles. The number of carbonyl (C=O) groups excluding carboxylic acids is 1. The Balaban J connectivity index is 2.11. The molecule has 0 saturated carbocycles. The van der Waals surface area contributed by atoms with E-state index < -0.39 is 10.8 Å². The molecule has 0 aliphatic rings. The molecule has 0 fully saturated rings. The lowest BCUT2D eigenvalue weighted by Crippen LogP contribution is -2.16. The highest BCUT2D eigenvalue weighted by atomic mass is 35.5. The fraction of sp³-hybridized carbons (Fsp3) is 0.154. The lowest BCUT2D eigenvalue weighted by molar-refractivity contribution is 0.0934. The van der Waals surface area contributed by atoms with E-state index in [1.165, 1.54) is 7.05 Å². The van der Waals surface area contributed by atoms with Gasteiger partial charge in [0.25, 0.3) is 5.91 Å². The standard InChI is InChI=1S/C13H12ClNO3S/c1-15-13(16)12-6-5-10(18-12)8-19(17)11-4-2-3-9(14)7-11/h2-7H,8H2,1H3,(H,15,16). The van der Waals surface area contributed by atoms with Crippen LogP contribution in [0.15, 0.2) is 45.7 Å². The van der Waals surface area contributed by atoms with Gasteiger partial charge < -0.3 is 9.73 Å². The minimum Gasteiger partial charge on any atom is -0.455 e. The van der Waals surface area contributed by atoms with Crippen LogP contribution < -0.4 is 5.32 Å². The first-order valence-corrected chi connectivity index (χ1v) is 7.24. The van der Waals surface area contributed by atoms with Crippen LogP contribution in [0.2, 0.25) is 5.02 Å². The second-order valence-electron chi connectivity index (χ2n) is 3.79. The molecule has 6 heteroatoms. The third-order valence-corrected chi connectivity index (χ3v) is 4.01. The monoisotopic (exact) mass is 297 g/mol. The Labute approximate surface area is 118 Å². The van der Waals surface area contributed by atoms with Crippen molar-refractivity contribution in [2.24, 2.45) is 0 Å². The van der Waals surface area contributed by atoms with Gasteiger partial charge in [0, 0.05) is 17.0 Å². The van der Waals surface area contributed by atoms with Crippen molar-refractivity contribution in [1.82, 2.24) is 5.32 Å². The zero-order valence-corrected chi connectivity index (χ0v) is 11.8. The molecule has 1 N–H and O–H groups in total. The quantitative estimate of drug-likeness (QED) is 0.943. The van der Waals surface area contributed by atoms with E-state index in [-0.39, 0.29) is 17.4 Å². The smallest absolute Gasteiger partial charge is 0.286 e. The number of hydrogen-bond donors (Lipinski definition) is 1. The fourth-order valence-corrected chi connectivity index (χ4v) is 2.85. The molecule has 1 atom stereocenters. The molecule has 4 nitrogen and oxygen atoms in total. The Morgan fingerprint density at radius 2 is 2.16 bits per heavy atom. The lowest BCUT2D eigenvalue weighted by Gasteiger charge is -2.01. The number of amides is 1. The van der Waals surface area contributed by atoms with Gasteiger partial charge in [0.2, 0.25) is 0 Å². The van der Waals surface area contributed by atoms with Crippen molar-refractivity contribution in [2.75, 3.05) is 7.05 Å². The van der Waals surface area contributed by atoms with E-state index in [1.807, 2.05) is 0 Å². The molecular weight excluding hydrogens is 286 g/mol. The van der Waals surface area contributed by atoms with Gasteiger partial charge in [-0.1, -0.05) is 17.7 Å². The number of benzene rings is 1. The van der Waals surface area contributed by atoms with Crippen LogP contribution in [0.25, 0.3) is 0 Å². The summed E-state index contributed by atoms with van der Waals surface area (Å²) < 4.78 is 17.4. The Bertz CT molecular complexity index is 624. The molecule has 19 heavy (non-hydrogen) atoms. The van der Waals surface area contributed by atoms with Crippen LogP contribution in [-0.2, 0) is 16.6 Å². The number of rotatable bonds is 4. The second kappa shape index (κ2) is 6.04. The average molecular weight is 298 g/mol. The van der Waals surface area contributed by atoms with E-state index in [9.17, 15) is 9.00 Å². The summed E-state index contributed by atoms with van der Waals surface area (Å²) in [6, 6.07) is 10.1. The highest BCUT2D eigenvalue weighted by Gasteiger charge is 2.12. The molecule has 0 radical (unpaired) electrons. The van der Waals surface area contributed by atoms with Crippen LogP contribution in [0.1, 0.15) is 16.3 Å². The third-order valence-electron chi connectivity index (χ3n) is 2.44. The van der Waals surface area contributed by atoms with Crippen LogP contribution in [-0.4, -0.2) is 17.2 Å². The number of carbonyl (C=O) groups is 1. The Morgan fingerprint density at radius 1 is 1.37 bits per heavy atom. The van der Waals surface area contributed by atoms with Crippen molar-refractivity contribution in [3.05, 3.63) is 52.9 Å². The predicted octanol–water partition coefficient (Wildman–Crippen LogP) is 2.60. The van der Waals surface area contributed by atoms with Crippen LogP contribution in [0.5, 0.6) is 0 Å². The molecular formula is C13H12ClNO3S. The minimum atomic E-state index is -1.26. The number of nitrogens with one attached hydrogen (secondary N) is 1. The highest BCUT2D eigenvalue weighted by Crippen LogP contribution is 2.18. The first-order valence-electron chi connectivity index (χ1n) is 5.55. The summed E-state index contributed by atoms with van der Waals surface area (Å²) in [5.74, 6) is 0.606. The van der Waals surface area contributed by atoms with Crippen molar-refractivity contribution in [3.8, 4) is 0 Å². The summed E-state index contributed by atoms with van der Waals surface area (Å²) in [4.78, 5) is 12.0. The van der Waals surface area contributed by atoms with Crippen molar-refractivity contribution in [2.45, 2.75) is 10.6 Å². The van der Waals surface area contributed by atoms with Gasteiger partial charge >= 0.3 is 0 Å². The summed E-state index contributed by atoms with van der Waals surface area (Å²) in [6.45, 7) is 0. The second-order valence-corrected chi connectivity index (χ2v) is 5.68. The Kier molecular flexibility index (Phi) is 4.39. The van der Waals surface area contributed by atoms with E-state index in [0.29, 0.717) is 15.7 Å². The van der Waals surface area contributed by atoms with Crippen LogP contribution in [0.3, 0.4) is 0 Å². The SMILES string of the molecule is CNC(=O)c1ccc(CS(=O)c2cccc(Cl)c2)o1. The summed E-state index contributed by atoms with van der Waals surface area (Å²) in [5.41, 5.74) is 0. The van der Waals surface area contributed by atoms with Gasteiger partial charge in [0.05, 0.1) is 16.6 Å². The maximum absolute atomic E-state index is 12.1. The van der Waals surface area contributed by atoms with Gasteiger partial charge in [-0.25, -0.2) is 0 Å². The largest absolute Gasteiger partial charge is 0.455 e. The first kappa shape index (κ1) is 13.8. The van der Waals surface area contributed by atoms with E-state index in [4.69, 9.17) is 16.0 Å².